The third kappa shape index (κ3) is 2.51. The molecule has 1 atom stereocenters. The third-order valence-corrected chi connectivity index (χ3v) is 5.89. The third-order valence-electron chi connectivity index (χ3n) is 3.02. The highest BCUT2D eigenvalue weighted by Gasteiger charge is 2.26. The number of sulfonamides is 1. The number of benzene rings is 1. The van der Waals surface area contributed by atoms with Crippen LogP contribution in [0.4, 0.5) is 0 Å². The van der Waals surface area contributed by atoms with E-state index < -0.39 is 10.0 Å². The molecule has 0 saturated carbocycles. The van der Waals surface area contributed by atoms with Gasteiger partial charge in [-0.05, 0) is 17.5 Å². The normalized spacial score (nSPS) is 18.6. The summed E-state index contributed by atoms with van der Waals surface area (Å²) in [5, 5.41) is 1.76. The molecule has 2 aromatic rings. The van der Waals surface area contributed by atoms with E-state index in [0.717, 1.165) is 11.3 Å². The molecule has 0 saturated heterocycles. The van der Waals surface area contributed by atoms with Gasteiger partial charge in [0.2, 0.25) is 0 Å². The lowest BCUT2D eigenvalue weighted by atomic mass is 10.0. The van der Waals surface area contributed by atoms with Crippen LogP contribution in [0, 0.1) is 0 Å². The van der Waals surface area contributed by atoms with Crippen LogP contribution in [0.2, 0.25) is 0 Å². The van der Waals surface area contributed by atoms with Gasteiger partial charge < -0.3 is 4.74 Å². The van der Waals surface area contributed by atoms with Gasteiger partial charge in [-0.2, -0.15) is 0 Å². The highest BCUT2D eigenvalue weighted by molar-refractivity contribution is 7.91. The molecule has 0 aliphatic carbocycles. The zero-order valence-electron chi connectivity index (χ0n) is 10.1. The maximum absolute atomic E-state index is 12.2. The molecule has 0 radical (unpaired) electrons. The number of ether oxygens (including phenoxy) is 1. The molecule has 1 aromatic carbocycles. The molecule has 1 aliphatic rings. The molecular weight excluding hydrogens is 282 g/mol. The Bertz CT molecular complexity index is 665. The highest BCUT2D eigenvalue weighted by Crippen LogP contribution is 2.32. The van der Waals surface area contributed by atoms with Crippen LogP contribution in [-0.2, 0) is 10.0 Å². The zero-order chi connectivity index (χ0) is 13.3. The van der Waals surface area contributed by atoms with Crippen molar-refractivity contribution in [2.75, 3.05) is 6.61 Å². The number of rotatable bonds is 3. The SMILES string of the molecule is O=S(=O)(N[C@@H]1CCOc2ccccc21)c1cccs1. The number of hydrogen-bond acceptors (Lipinski definition) is 4. The molecule has 1 N–H and O–H groups in total. The zero-order valence-corrected chi connectivity index (χ0v) is 11.7. The lowest BCUT2D eigenvalue weighted by Crippen LogP contribution is -2.31. The first-order valence-corrected chi connectivity index (χ1v) is 8.31. The molecule has 100 valence electrons. The van der Waals surface area contributed by atoms with Crippen LogP contribution >= 0.6 is 11.3 Å². The molecule has 0 unspecified atom stereocenters. The number of para-hydroxylation sites is 1. The monoisotopic (exact) mass is 295 g/mol. The average Bonchev–Trinajstić information content (AvgIpc) is 2.93. The van der Waals surface area contributed by atoms with Gasteiger partial charge in [-0.15, -0.1) is 11.3 Å². The van der Waals surface area contributed by atoms with E-state index in [2.05, 4.69) is 4.72 Å². The lowest BCUT2D eigenvalue weighted by Gasteiger charge is -2.26. The molecule has 1 aliphatic heterocycles. The van der Waals surface area contributed by atoms with E-state index in [1.807, 2.05) is 24.3 Å². The van der Waals surface area contributed by atoms with E-state index >= 15 is 0 Å². The molecule has 1 aromatic heterocycles. The number of thiophene rings is 1. The average molecular weight is 295 g/mol. The number of hydrogen-bond donors (Lipinski definition) is 1. The second-order valence-electron chi connectivity index (χ2n) is 4.28. The topological polar surface area (TPSA) is 55.4 Å². The van der Waals surface area contributed by atoms with Crippen molar-refractivity contribution in [3.8, 4) is 5.75 Å². The van der Waals surface area contributed by atoms with Crippen molar-refractivity contribution < 1.29 is 13.2 Å². The van der Waals surface area contributed by atoms with Crippen molar-refractivity contribution in [1.82, 2.24) is 4.72 Å². The van der Waals surface area contributed by atoms with Crippen LogP contribution in [0.25, 0.3) is 0 Å². The Labute approximate surface area is 116 Å². The van der Waals surface area contributed by atoms with Crippen molar-refractivity contribution in [2.24, 2.45) is 0 Å². The van der Waals surface area contributed by atoms with E-state index in [-0.39, 0.29) is 6.04 Å². The molecular formula is C13H13NO3S2. The molecule has 6 heteroatoms. The standard InChI is InChI=1S/C13H13NO3S2/c15-19(16,13-6-3-9-18-13)14-11-7-8-17-12-5-2-1-4-10(11)12/h1-6,9,11,14H,7-8H2/t11-/m1/s1. The maximum Gasteiger partial charge on any atom is 0.250 e. The van der Waals surface area contributed by atoms with E-state index in [9.17, 15) is 8.42 Å². The van der Waals surface area contributed by atoms with Gasteiger partial charge >= 0.3 is 0 Å². The Hall–Kier alpha value is -1.37. The van der Waals surface area contributed by atoms with Crippen LogP contribution in [-0.4, -0.2) is 15.0 Å². The fourth-order valence-electron chi connectivity index (χ4n) is 2.13. The van der Waals surface area contributed by atoms with Crippen molar-refractivity contribution in [1.29, 1.82) is 0 Å². The second kappa shape index (κ2) is 4.96. The van der Waals surface area contributed by atoms with Crippen LogP contribution in [0.5, 0.6) is 5.75 Å². The molecule has 0 amide bonds. The van der Waals surface area contributed by atoms with Gasteiger partial charge in [0.25, 0.3) is 10.0 Å². The van der Waals surface area contributed by atoms with E-state index in [4.69, 9.17) is 4.74 Å². The Morgan fingerprint density at radius 2 is 2.05 bits per heavy atom. The van der Waals surface area contributed by atoms with Gasteiger partial charge in [0.1, 0.15) is 9.96 Å². The summed E-state index contributed by atoms with van der Waals surface area (Å²) >= 11 is 1.22. The van der Waals surface area contributed by atoms with E-state index in [0.29, 0.717) is 17.2 Å². The number of fused-ring (bicyclic) bond motifs is 1. The second-order valence-corrected chi connectivity index (χ2v) is 7.17. The van der Waals surface area contributed by atoms with Crippen molar-refractivity contribution in [3.63, 3.8) is 0 Å². The summed E-state index contributed by atoms with van der Waals surface area (Å²) in [6, 6.07) is 10.7. The summed E-state index contributed by atoms with van der Waals surface area (Å²) in [6.07, 6.45) is 0.640. The summed E-state index contributed by atoms with van der Waals surface area (Å²) in [4.78, 5) is 0. The first kappa shape index (κ1) is 12.7. The van der Waals surface area contributed by atoms with Gasteiger partial charge in [-0.3, -0.25) is 0 Å². The molecule has 4 nitrogen and oxygen atoms in total. The molecule has 0 fully saturated rings. The molecule has 19 heavy (non-hydrogen) atoms. The Kier molecular flexibility index (Phi) is 3.30. The largest absolute Gasteiger partial charge is 0.493 e. The molecule has 0 spiro atoms. The molecule has 2 heterocycles. The minimum absolute atomic E-state index is 0.225. The van der Waals surface area contributed by atoms with Gasteiger partial charge in [-0.1, -0.05) is 24.3 Å². The van der Waals surface area contributed by atoms with Crippen molar-refractivity contribution in [2.45, 2.75) is 16.7 Å². The predicted molar refractivity (Wildman–Crippen MR) is 73.9 cm³/mol. The van der Waals surface area contributed by atoms with E-state index in [1.54, 1.807) is 17.5 Å². The van der Waals surface area contributed by atoms with Crippen LogP contribution in [0.3, 0.4) is 0 Å². The Morgan fingerprint density at radius 3 is 2.84 bits per heavy atom. The number of nitrogens with one attached hydrogen (secondary N) is 1. The van der Waals surface area contributed by atoms with Gasteiger partial charge in [0, 0.05) is 12.0 Å². The van der Waals surface area contributed by atoms with Gasteiger partial charge in [0.05, 0.1) is 12.6 Å². The van der Waals surface area contributed by atoms with Gasteiger partial charge in [0.15, 0.2) is 0 Å². The van der Waals surface area contributed by atoms with Crippen molar-refractivity contribution >= 4 is 21.4 Å². The Morgan fingerprint density at radius 1 is 1.21 bits per heavy atom. The summed E-state index contributed by atoms with van der Waals surface area (Å²) in [5.74, 6) is 0.757. The van der Waals surface area contributed by atoms with Crippen LogP contribution in [0.1, 0.15) is 18.0 Å². The Balaban J connectivity index is 1.90. The summed E-state index contributed by atoms with van der Waals surface area (Å²) in [6.45, 7) is 0.522. The van der Waals surface area contributed by atoms with Gasteiger partial charge in [-0.25, -0.2) is 13.1 Å². The first-order chi connectivity index (χ1) is 9.17. The van der Waals surface area contributed by atoms with Crippen LogP contribution < -0.4 is 9.46 Å². The summed E-state index contributed by atoms with van der Waals surface area (Å²) in [7, 11) is -3.45. The molecule has 0 bridgehead atoms. The maximum atomic E-state index is 12.2. The fraction of sp³-hybridized carbons (Fsp3) is 0.231. The highest BCUT2D eigenvalue weighted by atomic mass is 32.2. The summed E-state index contributed by atoms with van der Waals surface area (Å²) < 4.78 is 33.1. The minimum atomic E-state index is -3.45. The van der Waals surface area contributed by atoms with Crippen LogP contribution in [0.15, 0.2) is 46.0 Å². The van der Waals surface area contributed by atoms with E-state index in [1.165, 1.54) is 11.3 Å². The molecule has 3 rings (SSSR count). The minimum Gasteiger partial charge on any atom is -0.493 e. The smallest absolute Gasteiger partial charge is 0.250 e. The first-order valence-electron chi connectivity index (χ1n) is 5.94. The quantitative estimate of drug-likeness (QED) is 0.946. The summed E-state index contributed by atoms with van der Waals surface area (Å²) in [5.41, 5.74) is 0.897. The fourth-order valence-corrected chi connectivity index (χ4v) is 4.39. The lowest BCUT2D eigenvalue weighted by molar-refractivity contribution is 0.263. The van der Waals surface area contributed by atoms with Crippen molar-refractivity contribution in [3.05, 3.63) is 47.3 Å². The predicted octanol–water partition coefficient (Wildman–Crippen LogP) is 2.55.